The molecule has 0 aliphatic carbocycles. The minimum absolute atomic E-state index is 0.391. The smallest absolute Gasteiger partial charge is 0.122 e. The summed E-state index contributed by atoms with van der Waals surface area (Å²) >= 11 is 3.48. The van der Waals surface area contributed by atoms with Gasteiger partial charge in [0.2, 0.25) is 0 Å². The molecule has 0 aromatic heterocycles. The molecule has 1 unspecified atom stereocenters. The highest BCUT2D eigenvalue weighted by Gasteiger charge is 2.12. The van der Waals surface area contributed by atoms with Crippen molar-refractivity contribution in [3.05, 3.63) is 63.6 Å². The van der Waals surface area contributed by atoms with E-state index in [1.54, 1.807) is 7.11 Å². The molecule has 2 aromatic rings. The fraction of sp³-hybridized carbons (Fsp3) is 0.333. The van der Waals surface area contributed by atoms with Crippen LogP contribution in [0.3, 0.4) is 0 Å². The van der Waals surface area contributed by atoms with Crippen molar-refractivity contribution in [2.75, 3.05) is 14.2 Å². The number of methoxy groups -OCH3 is 1. The maximum Gasteiger partial charge on any atom is 0.122 e. The summed E-state index contributed by atoms with van der Waals surface area (Å²) in [5.41, 5.74) is 3.86. The van der Waals surface area contributed by atoms with Gasteiger partial charge < -0.3 is 10.1 Å². The lowest BCUT2D eigenvalue weighted by molar-refractivity contribution is 0.405. The first-order valence-electron chi connectivity index (χ1n) is 7.17. The van der Waals surface area contributed by atoms with E-state index in [0.29, 0.717) is 6.04 Å². The Kier molecular flexibility index (Phi) is 5.83. The van der Waals surface area contributed by atoms with Crippen LogP contribution in [0.5, 0.6) is 5.75 Å². The number of nitrogens with one attached hydrogen (secondary N) is 1. The number of aryl methyl sites for hydroxylation is 1. The third-order valence-corrected chi connectivity index (χ3v) is 4.23. The van der Waals surface area contributed by atoms with Gasteiger partial charge in [0.25, 0.3) is 0 Å². The lowest BCUT2D eigenvalue weighted by atomic mass is 9.97. The maximum atomic E-state index is 5.48. The van der Waals surface area contributed by atoms with Crippen molar-refractivity contribution in [1.82, 2.24) is 5.32 Å². The number of likely N-dealkylation sites (N-methyl/N-ethyl adjacent to an activating group) is 1. The van der Waals surface area contributed by atoms with E-state index >= 15 is 0 Å². The average Bonchev–Trinajstić information content (AvgIpc) is 2.49. The molecular weight excluding hydrogens is 326 g/mol. The Labute approximate surface area is 135 Å². The van der Waals surface area contributed by atoms with E-state index in [9.17, 15) is 0 Å². The SMILES string of the molecule is CNC(Cc1ccc(Br)cc1)Cc1cc(C)ccc1OC. The van der Waals surface area contributed by atoms with E-state index in [2.05, 4.69) is 70.6 Å². The van der Waals surface area contributed by atoms with Gasteiger partial charge in [-0.2, -0.15) is 0 Å². The quantitative estimate of drug-likeness (QED) is 0.847. The van der Waals surface area contributed by atoms with Crippen molar-refractivity contribution in [2.45, 2.75) is 25.8 Å². The molecule has 0 spiro atoms. The number of rotatable bonds is 6. The van der Waals surface area contributed by atoms with Crippen LogP contribution in [0.4, 0.5) is 0 Å². The first-order valence-corrected chi connectivity index (χ1v) is 7.97. The Hall–Kier alpha value is -1.32. The van der Waals surface area contributed by atoms with Crippen LogP contribution >= 0.6 is 15.9 Å². The molecule has 21 heavy (non-hydrogen) atoms. The van der Waals surface area contributed by atoms with E-state index in [1.807, 2.05) is 7.05 Å². The number of halogens is 1. The molecule has 0 aliphatic rings. The summed E-state index contributed by atoms with van der Waals surface area (Å²) in [6, 6.07) is 15.3. The molecule has 0 heterocycles. The molecule has 0 aliphatic heterocycles. The topological polar surface area (TPSA) is 21.3 Å². The zero-order chi connectivity index (χ0) is 15.2. The number of hydrogen-bond donors (Lipinski definition) is 1. The summed E-state index contributed by atoms with van der Waals surface area (Å²) in [5.74, 6) is 0.969. The summed E-state index contributed by atoms with van der Waals surface area (Å²) in [6.45, 7) is 2.12. The first kappa shape index (κ1) is 16.1. The van der Waals surface area contributed by atoms with Crippen molar-refractivity contribution in [3.63, 3.8) is 0 Å². The second-order valence-electron chi connectivity index (χ2n) is 5.34. The molecule has 3 heteroatoms. The fourth-order valence-corrected chi connectivity index (χ4v) is 2.78. The lowest BCUT2D eigenvalue weighted by Gasteiger charge is -2.18. The van der Waals surface area contributed by atoms with Crippen molar-refractivity contribution in [3.8, 4) is 5.75 Å². The molecule has 2 nitrogen and oxygen atoms in total. The Morgan fingerprint density at radius 1 is 1.10 bits per heavy atom. The van der Waals surface area contributed by atoms with Crippen LogP contribution in [-0.2, 0) is 12.8 Å². The van der Waals surface area contributed by atoms with Gasteiger partial charge in [0.15, 0.2) is 0 Å². The van der Waals surface area contributed by atoms with Gasteiger partial charge in [0.1, 0.15) is 5.75 Å². The molecule has 2 aromatic carbocycles. The molecule has 0 bridgehead atoms. The molecule has 0 amide bonds. The Bertz CT molecular complexity index is 580. The normalized spacial score (nSPS) is 12.2. The zero-order valence-electron chi connectivity index (χ0n) is 12.8. The molecule has 1 N–H and O–H groups in total. The molecule has 0 fully saturated rings. The minimum atomic E-state index is 0.391. The van der Waals surface area contributed by atoms with Gasteiger partial charge in [0.05, 0.1) is 7.11 Å². The van der Waals surface area contributed by atoms with Crippen LogP contribution in [0, 0.1) is 6.92 Å². The molecule has 0 saturated heterocycles. The molecule has 2 rings (SSSR count). The highest BCUT2D eigenvalue weighted by Crippen LogP contribution is 2.22. The third kappa shape index (κ3) is 4.58. The second-order valence-corrected chi connectivity index (χ2v) is 6.25. The molecule has 0 radical (unpaired) electrons. The van der Waals surface area contributed by atoms with Crippen LogP contribution in [-0.4, -0.2) is 20.2 Å². The van der Waals surface area contributed by atoms with E-state index < -0.39 is 0 Å². The van der Waals surface area contributed by atoms with Gasteiger partial charge >= 0.3 is 0 Å². The van der Waals surface area contributed by atoms with E-state index in [0.717, 1.165) is 23.1 Å². The predicted octanol–water partition coefficient (Wildman–Crippen LogP) is 4.14. The van der Waals surface area contributed by atoms with Crippen LogP contribution in [0.25, 0.3) is 0 Å². The first-order chi connectivity index (χ1) is 10.1. The van der Waals surface area contributed by atoms with Crippen molar-refractivity contribution in [2.24, 2.45) is 0 Å². The number of benzene rings is 2. The van der Waals surface area contributed by atoms with Crippen molar-refractivity contribution < 1.29 is 4.74 Å². The summed E-state index contributed by atoms with van der Waals surface area (Å²) in [7, 11) is 3.75. The van der Waals surface area contributed by atoms with Crippen LogP contribution in [0.1, 0.15) is 16.7 Å². The zero-order valence-corrected chi connectivity index (χ0v) is 14.4. The van der Waals surface area contributed by atoms with Crippen LogP contribution in [0.2, 0.25) is 0 Å². The Morgan fingerprint density at radius 2 is 1.81 bits per heavy atom. The van der Waals surface area contributed by atoms with Gasteiger partial charge in [-0.3, -0.25) is 0 Å². The fourth-order valence-electron chi connectivity index (χ4n) is 2.51. The third-order valence-electron chi connectivity index (χ3n) is 3.71. The molecule has 112 valence electrons. The highest BCUT2D eigenvalue weighted by atomic mass is 79.9. The number of hydrogen-bond acceptors (Lipinski definition) is 2. The molecular formula is C18H22BrNO. The summed E-state index contributed by atoms with van der Waals surface area (Å²) in [6.07, 6.45) is 1.96. The van der Waals surface area contributed by atoms with E-state index in [-0.39, 0.29) is 0 Å². The Morgan fingerprint density at radius 3 is 2.43 bits per heavy atom. The van der Waals surface area contributed by atoms with E-state index in [4.69, 9.17) is 4.74 Å². The van der Waals surface area contributed by atoms with Crippen LogP contribution in [0.15, 0.2) is 46.9 Å². The highest BCUT2D eigenvalue weighted by molar-refractivity contribution is 9.10. The molecule has 1 atom stereocenters. The van der Waals surface area contributed by atoms with Gasteiger partial charge in [-0.25, -0.2) is 0 Å². The van der Waals surface area contributed by atoms with Crippen molar-refractivity contribution >= 4 is 15.9 Å². The summed E-state index contributed by atoms with van der Waals surface area (Å²) < 4.78 is 6.60. The lowest BCUT2D eigenvalue weighted by Crippen LogP contribution is -2.30. The van der Waals surface area contributed by atoms with Gasteiger partial charge in [0, 0.05) is 10.5 Å². The summed E-state index contributed by atoms with van der Waals surface area (Å²) in [5, 5.41) is 3.42. The maximum absolute atomic E-state index is 5.48. The second kappa shape index (κ2) is 7.62. The standard InChI is InChI=1S/C18H22BrNO/c1-13-4-9-18(21-3)15(10-13)12-17(20-2)11-14-5-7-16(19)8-6-14/h4-10,17,20H,11-12H2,1-3H3. The number of ether oxygens (including phenoxy) is 1. The van der Waals surface area contributed by atoms with Gasteiger partial charge in [-0.05, 0) is 56.1 Å². The van der Waals surface area contributed by atoms with Crippen molar-refractivity contribution in [1.29, 1.82) is 0 Å². The van der Waals surface area contributed by atoms with Gasteiger partial charge in [-0.15, -0.1) is 0 Å². The molecule has 0 saturated carbocycles. The summed E-state index contributed by atoms with van der Waals surface area (Å²) in [4.78, 5) is 0. The predicted molar refractivity (Wildman–Crippen MR) is 92.1 cm³/mol. The van der Waals surface area contributed by atoms with Gasteiger partial charge in [-0.1, -0.05) is 45.8 Å². The monoisotopic (exact) mass is 347 g/mol. The Balaban J connectivity index is 2.11. The largest absolute Gasteiger partial charge is 0.496 e. The average molecular weight is 348 g/mol. The van der Waals surface area contributed by atoms with Crippen LogP contribution < -0.4 is 10.1 Å². The minimum Gasteiger partial charge on any atom is -0.496 e. The van der Waals surface area contributed by atoms with E-state index in [1.165, 1.54) is 16.7 Å².